The molecule has 0 aliphatic rings. The molecule has 6 heteroatoms. The van der Waals surface area contributed by atoms with Crippen LogP contribution in [0, 0.1) is 17.0 Å². The number of hydrogen-bond donors (Lipinski definition) is 2. The third kappa shape index (κ3) is 3.60. The quantitative estimate of drug-likeness (QED) is 0.665. The van der Waals surface area contributed by atoms with Gasteiger partial charge in [0.2, 0.25) is 0 Å². The Morgan fingerprint density at radius 1 is 1.14 bits per heavy atom. The fourth-order valence-electron chi connectivity index (χ4n) is 2.14. The van der Waals surface area contributed by atoms with Gasteiger partial charge in [-0.25, -0.2) is 4.79 Å². The zero-order valence-corrected chi connectivity index (χ0v) is 12.4. The normalized spacial score (nSPS) is 11.5. The van der Waals surface area contributed by atoms with Gasteiger partial charge < -0.3 is 10.6 Å². The van der Waals surface area contributed by atoms with E-state index in [0.717, 1.165) is 5.56 Å². The highest BCUT2D eigenvalue weighted by molar-refractivity contribution is 5.91. The van der Waals surface area contributed by atoms with Gasteiger partial charge in [-0.2, -0.15) is 0 Å². The van der Waals surface area contributed by atoms with Crippen LogP contribution in [0.15, 0.2) is 48.5 Å². The van der Waals surface area contributed by atoms with Gasteiger partial charge in [0.25, 0.3) is 5.69 Å². The largest absolute Gasteiger partial charge is 0.331 e. The molecule has 2 aromatic carbocycles. The lowest BCUT2D eigenvalue weighted by Gasteiger charge is -2.15. The van der Waals surface area contributed by atoms with Crippen molar-refractivity contribution in [3.05, 3.63) is 69.8 Å². The first kappa shape index (κ1) is 15.5. The van der Waals surface area contributed by atoms with Crippen molar-refractivity contribution in [1.29, 1.82) is 0 Å². The molecule has 0 spiro atoms. The van der Waals surface area contributed by atoms with E-state index in [1.807, 2.05) is 37.3 Å². The zero-order valence-electron chi connectivity index (χ0n) is 12.4. The summed E-state index contributed by atoms with van der Waals surface area (Å²) in [7, 11) is 0. The third-order valence-electron chi connectivity index (χ3n) is 3.40. The Bertz CT molecular complexity index is 686. The number of anilines is 1. The number of carbonyl (C=O) groups is 1. The van der Waals surface area contributed by atoms with Gasteiger partial charge in [0, 0.05) is 6.07 Å². The second-order valence-corrected chi connectivity index (χ2v) is 4.94. The van der Waals surface area contributed by atoms with E-state index >= 15 is 0 Å². The summed E-state index contributed by atoms with van der Waals surface area (Å²) in [5.74, 6) is 0. The molecule has 2 rings (SSSR count). The van der Waals surface area contributed by atoms with Crippen molar-refractivity contribution in [1.82, 2.24) is 5.32 Å². The van der Waals surface area contributed by atoms with Crippen molar-refractivity contribution in [3.8, 4) is 0 Å². The van der Waals surface area contributed by atoms with Gasteiger partial charge in [-0.05, 0) is 25.5 Å². The van der Waals surface area contributed by atoms with Crippen molar-refractivity contribution < 1.29 is 9.72 Å². The maximum absolute atomic E-state index is 12.0. The Morgan fingerprint density at radius 3 is 2.45 bits per heavy atom. The van der Waals surface area contributed by atoms with Gasteiger partial charge >= 0.3 is 6.03 Å². The van der Waals surface area contributed by atoms with Crippen LogP contribution < -0.4 is 10.6 Å². The predicted octanol–water partition coefficient (Wildman–Crippen LogP) is 3.79. The van der Waals surface area contributed by atoms with Gasteiger partial charge in [0.15, 0.2) is 0 Å². The van der Waals surface area contributed by atoms with Crippen LogP contribution in [0.5, 0.6) is 0 Å². The maximum atomic E-state index is 12.0. The molecule has 1 atom stereocenters. The van der Waals surface area contributed by atoms with E-state index < -0.39 is 11.0 Å². The topological polar surface area (TPSA) is 84.3 Å². The van der Waals surface area contributed by atoms with E-state index in [-0.39, 0.29) is 11.7 Å². The zero-order chi connectivity index (χ0) is 16.1. The van der Waals surface area contributed by atoms with Gasteiger partial charge in [0.05, 0.1) is 22.2 Å². The van der Waals surface area contributed by atoms with Crippen molar-refractivity contribution in [3.63, 3.8) is 0 Å². The number of nitrogens with zero attached hydrogens (tertiary/aromatic N) is 1. The first-order valence-electron chi connectivity index (χ1n) is 6.85. The molecule has 0 unspecified atom stereocenters. The van der Waals surface area contributed by atoms with E-state index in [4.69, 9.17) is 0 Å². The first-order valence-corrected chi connectivity index (χ1v) is 6.85. The fraction of sp³-hybridized carbons (Fsp3) is 0.188. The van der Waals surface area contributed by atoms with Crippen LogP contribution in [0.25, 0.3) is 0 Å². The van der Waals surface area contributed by atoms with E-state index in [9.17, 15) is 14.9 Å². The minimum atomic E-state index is -0.467. The molecule has 0 radical (unpaired) electrons. The van der Waals surface area contributed by atoms with Crippen LogP contribution >= 0.6 is 0 Å². The molecule has 0 saturated carbocycles. The lowest BCUT2D eigenvalue weighted by atomic mass is 10.1. The molecule has 22 heavy (non-hydrogen) atoms. The minimum absolute atomic E-state index is 0.0195. The highest BCUT2D eigenvalue weighted by atomic mass is 16.6. The standard InChI is InChI=1S/C16H17N3O3/c1-11-14(9-6-10-15(11)19(21)22)18-16(20)17-12(2)13-7-4-3-5-8-13/h3-10,12H,1-2H3,(H2,17,18,20)/t12-/m0/s1. The minimum Gasteiger partial charge on any atom is -0.331 e. The van der Waals surface area contributed by atoms with Crippen LogP contribution in [-0.4, -0.2) is 11.0 Å². The summed E-state index contributed by atoms with van der Waals surface area (Å²) in [6.45, 7) is 3.48. The average molecular weight is 299 g/mol. The molecule has 0 saturated heterocycles. The van der Waals surface area contributed by atoms with Crippen LogP contribution in [0.1, 0.15) is 24.1 Å². The Kier molecular flexibility index (Phi) is 4.73. The first-order chi connectivity index (χ1) is 10.5. The Hall–Kier alpha value is -2.89. The van der Waals surface area contributed by atoms with Gasteiger partial charge in [0.1, 0.15) is 0 Å². The van der Waals surface area contributed by atoms with Gasteiger partial charge in [-0.1, -0.05) is 36.4 Å². The maximum Gasteiger partial charge on any atom is 0.319 e. The number of benzene rings is 2. The summed E-state index contributed by atoms with van der Waals surface area (Å²) >= 11 is 0. The van der Waals surface area contributed by atoms with Crippen molar-refractivity contribution in [2.45, 2.75) is 19.9 Å². The lowest BCUT2D eigenvalue weighted by molar-refractivity contribution is -0.385. The van der Waals surface area contributed by atoms with E-state index in [0.29, 0.717) is 11.3 Å². The Morgan fingerprint density at radius 2 is 1.82 bits per heavy atom. The molecule has 6 nitrogen and oxygen atoms in total. The molecule has 2 aromatic rings. The van der Waals surface area contributed by atoms with E-state index in [2.05, 4.69) is 10.6 Å². The summed E-state index contributed by atoms with van der Waals surface area (Å²) in [4.78, 5) is 22.5. The Balaban J connectivity index is 2.07. The van der Waals surface area contributed by atoms with Crippen LogP contribution in [0.3, 0.4) is 0 Å². The van der Waals surface area contributed by atoms with Gasteiger partial charge in [-0.15, -0.1) is 0 Å². The molecular formula is C16H17N3O3. The SMILES string of the molecule is Cc1c(NC(=O)N[C@@H](C)c2ccccc2)cccc1[N+](=O)[O-]. The number of rotatable bonds is 4. The molecule has 0 aliphatic heterocycles. The number of nitrogens with one attached hydrogen (secondary N) is 2. The van der Waals surface area contributed by atoms with Gasteiger partial charge in [-0.3, -0.25) is 10.1 Å². The second-order valence-electron chi connectivity index (χ2n) is 4.94. The molecule has 0 heterocycles. The number of nitro benzene ring substituents is 1. The number of carbonyl (C=O) groups excluding carboxylic acids is 1. The number of urea groups is 1. The fourth-order valence-corrected chi connectivity index (χ4v) is 2.14. The summed E-state index contributed by atoms with van der Waals surface area (Å²) in [6, 6.07) is 13.6. The highest BCUT2D eigenvalue weighted by Gasteiger charge is 2.15. The summed E-state index contributed by atoms with van der Waals surface area (Å²) in [5.41, 5.74) is 1.81. The molecule has 0 aromatic heterocycles. The van der Waals surface area contributed by atoms with Crippen LogP contribution in [-0.2, 0) is 0 Å². The van der Waals surface area contributed by atoms with E-state index in [1.54, 1.807) is 19.1 Å². The predicted molar refractivity (Wildman–Crippen MR) is 84.8 cm³/mol. The lowest BCUT2D eigenvalue weighted by Crippen LogP contribution is -2.31. The Labute approximate surface area is 128 Å². The average Bonchev–Trinajstić information content (AvgIpc) is 2.50. The summed E-state index contributed by atoms with van der Waals surface area (Å²) in [6.07, 6.45) is 0. The molecular weight excluding hydrogens is 282 g/mol. The smallest absolute Gasteiger partial charge is 0.319 e. The van der Waals surface area contributed by atoms with E-state index in [1.165, 1.54) is 6.07 Å². The van der Waals surface area contributed by atoms with Crippen molar-refractivity contribution in [2.75, 3.05) is 5.32 Å². The summed E-state index contributed by atoms with van der Waals surface area (Å²) < 4.78 is 0. The number of hydrogen-bond acceptors (Lipinski definition) is 3. The van der Waals surface area contributed by atoms with Crippen molar-refractivity contribution in [2.24, 2.45) is 0 Å². The van der Waals surface area contributed by atoms with Crippen LogP contribution in [0.4, 0.5) is 16.2 Å². The number of nitro groups is 1. The molecule has 0 fully saturated rings. The monoisotopic (exact) mass is 299 g/mol. The second kappa shape index (κ2) is 6.71. The summed E-state index contributed by atoms with van der Waals surface area (Å²) in [5, 5.41) is 16.4. The van der Waals surface area contributed by atoms with Crippen molar-refractivity contribution >= 4 is 17.4 Å². The third-order valence-corrected chi connectivity index (χ3v) is 3.40. The highest BCUT2D eigenvalue weighted by Crippen LogP contribution is 2.25. The molecule has 2 amide bonds. The molecule has 114 valence electrons. The molecule has 0 aliphatic carbocycles. The van der Waals surface area contributed by atoms with Crippen LogP contribution in [0.2, 0.25) is 0 Å². The number of amides is 2. The molecule has 0 bridgehead atoms. The molecule has 2 N–H and O–H groups in total.